The molecule has 5 nitrogen and oxygen atoms in total. The van der Waals surface area contributed by atoms with E-state index < -0.39 is 0 Å². The van der Waals surface area contributed by atoms with Crippen molar-refractivity contribution in [1.82, 2.24) is 4.90 Å². The number of carbonyl (C=O) groups is 2. The normalized spacial score (nSPS) is 20.0. The Balaban J connectivity index is 1.75. The first-order valence-electron chi connectivity index (χ1n) is 8.91. The summed E-state index contributed by atoms with van der Waals surface area (Å²) in [5, 5.41) is 0. The van der Waals surface area contributed by atoms with Crippen molar-refractivity contribution < 1.29 is 19.1 Å². The summed E-state index contributed by atoms with van der Waals surface area (Å²) in [6.45, 7) is 3.63. The second kappa shape index (κ2) is 7.69. The number of fused-ring (bicyclic) bond motifs is 1. The molecular formula is C19H25NO4. The van der Waals surface area contributed by atoms with Gasteiger partial charge in [0.05, 0.1) is 19.6 Å². The molecular weight excluding hydrogens is 306 g/mol. The Morgan fingerprint density at radius 1 is 1.29 bits per heavy atom. The molecule has 0 N–H and O–H groups in total. The first-order valence-corrected chi connectivity index (χ1v) is 8.91. The van der Waals surface area contributed by atoms with Gasteiger partial charge >= 0.3 is 5.97 Å². The lowest BCUT2D eigenvalue weighted by atomic mass is 9.97. The van der Waals surface area contributed by atoms with Crippen LogP contribution in [-0.2, 0) is 16.0 Å². The standard InChI is InChI=1S/C19H25NO4/c1-2-23-18(21)13-16-7-3-4-10-20(16)19(22)15-8-9-17-14(12-15)6-5-11-24-17/h8-9,12,16H,2-7,10-11,13H2,1H3. The van der Waals surface area contributed by atoms with E-state index in [1.807, 2.05) is 23.1 Å². The van der Waals surface area contributed by atoms with Crippen LogP contribution in [0.15, 0.2) is 18.2 Å². The minimum absolute atomic E-state index is 0.0115. The Hall–Kier alpha value is -2.04. The van der Waals surface area contributed by atoms with E-state index in [9.17, 15) is 9.59 Å². The van der Waals surface area contributed by atoms with Crippen LogP contribution < -0.4 is 4.74 Å². The van der Waals surface area contributed by atoms with E-state index in [0.29, 0.717) is 18.7 Å². The van der Waals surface area contributed by atoms with Crippen molar-refractivity contribution >= 4 is 11.9 Å². The van der Waals surface area contributed by atoms with Gasteiger partial charge in [0.15, 0.2) is 0 Å². The molecule has 2 heterocycles. The van der Waals surface area contributed by atoms with Crippen molar-refractivity contribution in [2.75, 3.05) is 19.8 Å². The molecule has 0 aliphatic carbocycles. The van der Waals surface area contributed by atoms with Crippen molar-refractivity contribution in [2.24, 2.45) is 0 Å². The molecule has 1 unspecified atom stereocenters. The maximum Gasteiger partial charge on any atom is 0.307 e. The molecule has 24 heavy (non-hydrogen) atoms. The number of nitrogens with zero attached hydrogens (tertiary/aromatic N) is 1. The van der Waals surface area contributed by atoms with Gasteiger partial charge in [-0.1, -0.05) is 0 Å². The number of ether oxygens (including phenoxy) is 2. The molecule has 0 spiro atoms. The fourth-order valence-electron chi connectivity index (χ4n) is 3.55. The van der Waals surface area contributed by atoms with Crippen molar-refractivity contribution in [2.45, 2.75) is 51.5 Å². The second-order valence-electron chi connectivity index (χ2n) is 6.43. The summed E-state index contributed by atoms with van der Waals surface area (Å²) in [6.07, 6.45) is 5.11. The fraction of sp³-hybridized carbons (Fsp3) is 0.579. The molecule has 2 aliphatic rings. The lowest BCUT2D eigenvalue weighted by Crippen LogP contribution is -2.45. The third-order valence-electron chi connectivity index (χ3n) is 4.75. The van der Waals surface area contributed by atoms with Crippen LogP contribution in [0.25, 0.3) is 0 Å². The maximum absolute atomic E-state index is 13.0. The first kappa shape index (κ1) is 16.8. The van der Waals surface area contributed by atoms with Gasteiger partial charge in [0.2, 0.25) is 0 Å². The van der Waals surface area contributed by atoms with E-state index in [4.69, 9.17) is 9.47 Å². The topological polar surface area (TPSA) is 55.8 Å². The van der Waals surface area contributed by atoms with Crippen molar-refractivity contribution in [1.29, 1.82) is 0 Å². The van der Waals surface area contributed by atoms with Crippen LogP contribution in [0.4, 0.5) is 0 Å². The molecule has 1 aromatic carbocycles. The van der Waals surface area contributed by atoms with Gasteiger partial charge in [-0.25, -0.2) is 0 Å². The summed E-state index contributed by atoms with van der Waals surface area (Å²) in [5.41, 5.74) is 1.79. The molecule has 1 saturated heterocycles. The van der Waals surface area contributed by atoms with E-state index in [0.717, 1.165) is 50.0 Å². The second-order valence-corrected chi connectivity index (χ2v) is 6.43. The summed E-state index contributed by atoms with van der Waals surface area (Å²) >= 11 is 0. The Labute approximate surface area is 142 Å². The number of esters is 1. The highest BCUT2D eigenvalue weighted by Gasteiger charge is 2.30. The highest BCUT2D eigenvalue weighted by atomic mass is 16.5. The number of benzene rings is 1. The quantitative estimate of drug-likeness (QED) is 0.796. The van der Waals surface area contributed by atoms with Gasteiger partial charge in [0, 0.05) is 18.2 Å². The zero-order valence-corrected chi connectivity index (χ0v) is 14.3. The average Bonchev–Trinajstić information content (AvgIpc) is 2.61. The van der Waals surface area contributed by atoms with Gasteiger partial charge < -0.3 is 14.4 Å². The number of amides is 1. The van der Waals surface area contributed by atoms with Crippen molar-refractivity contribution in [3.8, 4) is 5.75 Å². The Morgan fingerprint density at radius 3 is 3.00 bits per heavy atom. The predicted molar refractivity (Wildman–Crippen MR) is 90.2 cm³/mol. The zero-order valence-electron chi connectivity index (χ0n) is 14.3. The minimum atomic E-state index is -0.221. The van der Waals surface area contributed by atoms with Gasteiger partial charge in [0.25, 0.3) is 5.91 Å². The van der Waals surface area contributed by atoms with Crippen LogP contribution >= 0.6 is 0 Å². The Bertz CT molecular complexity index is 613. The first-order chi connectivity index (χ1) is 11.7. The number of hydrogen-bond donors (Lipinski definition) is 0. The zero-order chi connectivity index (χ0) is 16.9. The van der Waals surface area contributed by atoms with Crippen LogP contribution in [-0.4, -0.2) is 42.6 Å². The monoisotopic (exact) mass is 331 g/mol. The third-order valence-corrected chi connectivity index (χ3v) is 4.75. The molecule has 0 bridgehead atoms. The summed E-state index contributed by atoms with van der Waals surface area (Å²) in [7, 11) is 0. The Morgan fingerprint density at radius 2 is 2.17 bits per heavy atom. The number of likely N-dealkylation sites (tertiary alicyclic amines) is 1. The van der Waals surface area contributed by atoms with Gasteiger partial charge in [0.1, 0.15) is 5.75 Å². The van der Waals surface area contributed by atoms with Gasteiger partial charge in [-0.3, -0.25) is 9.59 Å². The van der Waals surface area contributed by atoms with E-state index in [2.05, 4.69) is 0 Å². The van der Waals surface area contributed by atoms with Crippen LogP contribution in [0.1, 0.15) is 54.9 Å². The molecule has 1 fully saturated rings. The van der Waals surface area contributed by atoms with E-state index in [1.54, 1.807) is 6.92 Å². The van der Waals surface area contributed by atoms with Crippen LogP contribution in [0.5, 0.6) is 5.75 Å². The summed E-state index contributed by atoms with van der Waals surface area (Å²) in [5.74, 6) is 0.679. The van der Waals surface area contributed by atoms with Crippen LogP contribution in [0.3, 0.4) is 0 Å². The highest BCUT2D eigenvalue weighted by molar-refractivity contribution is 5.95. The molecule has 0 saturated carbocycles. The third kappa shape index (κ3) is 3.71. The van der Waals surface area contributed by atoms with Gasteiger partial charge in [-0.05, 0) is 62.8 Å². The molecule has 3 rings (SSSR count). The number of aryl methyl sites for hydroxylation is 1. The molecule has 1 atom stereocenters. The fourth-order valence-corrected chi connectivity index (χ4v) is 3.55. The highest BCUT2D eigenvalue weighted by Crippen LogP contribution is 2.28. The van der Waals surface area contributed by atoms with Gasteiger partial charge in [-0.15, -0.1) is 0 Å². The summed E-state index contributed by atoms with van der Waals surface area (Å²) < 4.78 is 10.7. The lowest BCUT2D eigenvalue weighted by Gasteiger charge is -2.35. The van der Waals surface area contributed by atoms with Gasteiger partial charge in [-0.2, -0.15) is 0 Å². The molecule has 130 valence electrons. The molecule has 0 radical (unpaired) electrons. The number of hydrogen-bond acceptors (Lipinski definition) is 4. The van der Waals surface area contributed by atoms with Crippen LogP contribution in [0, 0.1) is 0 Å². The lowest BCUT2D eigenvalue weighted by molar-refractivity contribution is -0.144. The molecule has 0 aromatic heterocycles. The smallest absolute Gasteiger partial charge is 0.307 e. The van der Waals surface area contributed by atoms with E-state index in [1.165, 1.54) is 0 Å². The molecule has 1 aromatic rings. The minimum Gasteiger partial charge on any atom is -0.493 e. The van der Waals surface area contributed by atoms with E-state index in [-0.39, 0.29) is 24.3 Å². The Kier molecular flexibility index (Phi) is 5.38. The molecule has 1 amide bonds. The summed E-state index contributed by atoms with van der Waals surface area (Å²) in [4.78, 5) is 26.7. The van der Waals surface area contributed by atoms with Crippen LogP contribution in [0.2, 0.25) is 0 Å². The van der Waals surface area contributed by atoms with E-state index >= 15 is 0 Å². The number of piperidine rings is 1. The van der Waals surface area contributed by atoms with Crippen molar-refractivity contribution in [3.05, 3.63) is 29.3 Å². The molecule has 2 aliphatic heterocycles. The molecule has 5 heteroatoms. The maximum atomic E-state index is 13.0. The number of rotatable bonds is 4. The average molecular weight is 331 g/mol. The number of carbonyl (C=O) groups excluding carboxylic acids is 2. The SMILES string of the molecule is CCOC(=O)CC1CCCCN1C(=O)c1ccc2c(c1)CCCO2. The summed E-state index contributed by atoms with van der Waals surface area (Å²) in [6, 6.07) is 5.62. The van der Waals surface area contributed by atoms with Crippen molar-refractivity contribution in [3.63, 3.8) is 0 Å². The predicted octanol–water partition coefficient (Wildman–Crippen LogP) is 2.96. The largest absolute Gasteiger partial charge is 0.493 e.